The summed E-state index contributed by atoms with van der Waals surface area (Å²) in [7, 11) is 0. The second-order valence-electron chi connectivity index (χ2n) is 15.9. The van der Waals surface area contributed by atoms with Gasteiger partial charge in [0.1, 0.15) is 6.10 Å². The molecular weight excluding hydrogens is 572 g/mol. The topological polar surface area (TPSA) is 113 Å². The van der Waals surface area contributed by atoms with E-state index in [1.165, 1.54) is 0 Å². The minimum Gasteiger partial charge on any atom is -0.388 e. The quantitative estimate of drug-likeness (QED) is 0.412. The number of hydrogen-bond acceptors (Lipinski definition) is 11. The van der Waals surface area contributed by atoms with Gasteiger partial charge in [0.15, 0.2) is 36.4 Å². The summed E-state index contributed by atoms with van der Waals surface area (Å²) in [6.07, 6.45) is 4.63. The predicted molar refractivity (Wildman–Crippen MR) is 152 cm³/mol. The molecule has 4 bridgehead atoms. The summed E-state index contributed by atoms with van der Waals surface area (Å²) in [4.78, 5) is 24.3. The Bertz CT molecular complexity index is 1010. The Morgan fingerprint density at radius 3 is 1.48 bits per heavy atom. The van der Waals surface area contributed by atoms with Gasteiger partial charge >= 0.3 is 0 Å². The Morgan fingerprint density at radius 2 is 1.05 bits per heavy atom. The van der Waals surface area contributed by atoms with Crippen LogP contribution in [0, 0.1) is 47.3 Å². The van der Waals surface area contributed by atoms with Crippen molar-refractivity contribution in [2.24, 2.45) is 47.3 Å². The van der Waals surface area contributed by atoms with Crippen molar-refractivity contribution >= 4 is 0 Å². The van der Waals surface area contributed by atoms with Crippen molar-refractivity contribution in [1.82, 2.24) is 0 Å². The summed E-state index contributed by atoms with van der Waals surface area (Å²) in [6, 6.07) is 0. The molecule has 0 aromatic heterocycles. The van der Waals surface area contributed by atoms with Gasteiger partial charge in [-0.25, -0.2) is 19.6 Å². The van der Waals surface area contributed by atoms with Crippen LogP contribution in [0.25, 0.3) is 0 Å². The third-order valence-electron chi connectivity index (χ3n) is 13.1. The Labute approximate surface area is 260 Å². The monoisotopic (exact) mass is 624 g/mol. The van der Waals surface area contributed by atoms with Gasteiger partial charge in [-0.2, -0.15) is 0 Å². The Hall–Kier alpha value is -0.440. The van der Waals surface area contributed by atoms with Crippen molar-refractivity contribution in [3.05, 3.63) is 0 Å². The van der Waals surface area contributed by atoms with Crippen molar-refractivity contribution in [1.29, 1.82) is 0 Å². The fourth-order valence-electron chi connectivity index (χ4n) is 10.6. The Kier molecular flexibility index (Phi) is 7.57. The molecule has 0 aromatic carbocycles. The van der Waals surface area contributed by atoms with Gasteiger partial charge in [-0.15, -0.1) is 0 Å². The first-order valence-corrected chi connectivity index (χ1v) is 17.3. The lowest BCUT2D eigenvalue weighted by Crippen LogP contribution is -2.70. The second-order valence-corrected chi connectivity index (χ2v) is 15.9. The number of aliphatic hydroxyl groups excluding tert-OH is 1. The summed E-state index contributed by atoms with van der Waals surface area (Å²) in [5, 5.41) is 11.0. The summed E-state index contributed by atoms with van der Waals surface area (Å²) >= 11 is 0. The maximum atomic E-state index is 11.0. The van der Waals surface area contributed by atoms with E-state index in [0.29, 0.717) is 23.7 Å². The third kappa shape index (κ3) is 4.48. The number of hydrogen-bond donors (Lipinski definition) is 1. The maximum Gasteiger partial charge on any atom is 0.201 e. The molecule has 0 aromatic rings. The van der Waals surface area contributed by atoms with Gasteiger partial charge < -0.3 is 33.5 Å². The highest BCUT2D eigenvalue weighted by atomic mass is 17.3. The molecule has 8 aliphatic heterocycles. The van der Waals surface area contributed by atoms with E-state index in [2.05, 4.69) is 27.7 Å². The minimum atomic E-state index is -0.862. The van der Waals surface area contributed by atoms with E-state index in [9.17, 15) is 5.11 Å². The molecule has 250 valence electrons. The van der Waals surface area contributed by atoms with Crippen LogP contribution in [0.15, 0.2) is 0 Å². The molecular formula is C33H52O11. The van der Waals surface area contributed by atoms with Gasteiger partial charge in [0.25, 0.3) is 0 Å². The van der Waals surface area contributed by atoms with E-state index in [4.69, 9.17) is 48.0 Å². The molecule has 2 spiro atoms. The standard InChI is InChI=1S/C33H52O11/c1-17-7-9-24-19(3)26(37-28-32(24)22(17)11-13-30(5,39-28)41-43-32)35-15-21(34)16-36-27-20(4)25-10-8-18(2)23-12-14-31(6)40-29(38-27)33(23,25)44-42-31/h17-29,34H,7-16H2,1-6H3/t17?,18?,19?,20?,21?,22?,23?,24?,25?,26?,27?,28?,29?,30-,31-,32-,33-/m1/s1. The van der Waals surface area contributed by atoms with Crippen molar-refractivity contribution in [3.63, 3.8) is 0 Å². The van der Waals surface area contributed by atoms with Crippen LogP contribution < -0.4 is 0 Å². The summed E-state index contributed by atoms with van der Waals surface area (Å²) in [5.74, 6) is 0.314. The average Bonchev–Trinajstić information content (AvgIpc) is 3.37. The number of fused-ring (bicyclic) bond motifs is 4. The van der Waals surface area contributed by atoms with Crippen LogP contribution in [-0.2, 0) is 48.0 Å². The number of aliphatic hydroxyl groups is 1. The Balaban J connectivity index is 0.915. The molecule has 8 heterocycles. The van der Waals surface area contributed by atoms with E-state index >= 15 is 0 Å². The van der Waals surface area contributed by atoms with Crippen LogP contribution in [0.1, 0.15) is 92.9 Å². The summed E-state index contributed by atoms with van der Waals surface area (Å²) in [5.41, 5.74) is -1.27. The molecule has 16 atom stereocenters. The SMILES string of the molecule is CC1CCC2C(C)C(OCC(O)COC3OC4O[C@@]5(C)CCC6C(C)CCC(C3C)[C@@]46OO5)OC3O[C@@]4(C)CCC1[C@]32OO4. The van der Waals surface area contributed by atoms with Crippen LogP contribution in [0.5, 0.6) is 0 Å². The van der Waals surface area contributed by atoms with E-state index in [1.54, 1.807) is 0 Å². The summed E-state index contributed by atoms with van der Waals surface area (Å²) < 4.78 is 38.4. The van der Waals surface area contributed by atoms with Crippen LogP contribution in [0.3, 0.4) is 0 Å². The molecule has 10 fully saturated rings. The van der Waals surface area contributed by atoms with E-state index < -0.39 is 54.0 Å². The molecule has 1 N–H and O–H groups in total. The predicted octanol–water partition coefficient (Wildman–Crippen LogP) is 4.80. The number of rotatable bonds is 6. The molecule has 11 heteroatoms. The number of ether oxygens (including phenoxy) is 6. The smallest absolute Gasteiger partial charge is 0.201 e. The maximum absolute atomic E-state index is 11.0. The molecule has 12 unspecified atom stereocenters. The van der Waals surface area contributed by atoms with Crippen LogP contribution in [-0.4, -0.2) is 72.4 Å². The molecule has 0 amide bonds. The van der Waals surface area contributed by atoms with Crippen molar-refractivity contribution < 1.29 is 53.1 Å². The average molecular weight is 625 g/mol. The lowest BCUT2D eigenvalue weighted by atomic mass is 9.58. The molecule has 11 nitrogen and oxygen atoms in total. The largest absolute Gasteiger partial charge is 0.388 e. The zero-order chi connectivity index (χ0) is 30.6. The Morgan fingerprint density at radius 1 is 0.614 bits per heavy atom. The molecule has 0 radical (unpaired) electrons. The van der Waals surface area contributed by atoms with Crippen LogP contribution >= 0.6 is 0 Å². The second kappa shape index (κ2) is 10.8. The summed E-state index contributed by atoms with van der Waals surface area (Å²) in [6.45, 7) is 12.9. The first-order valence-electron chi connectivity index (χ1n) is 17.3. The van der Waals surface area contributed by atoms with E-state index in [1.807, 2.05) is 13.8 Å². The normalized spacial score (nSPS) is 58.4. The molecule has 8 saturated heterocycles. The van der Waals surface area contributed by atoms with Crippen LogP contribution in [0.2, 0.25) is 0 Å². The van der Waals surface area contributed by atoms with Crippen molar-refractivity contribution in [2.75, 3.05) is 13.2 Å². The minimum absolute atomic E-state index is 0.0370. The molecule has 2 saturated carbocycles. The van der Waals surface area contributed by atoms with Gasteiger partial charge in [-0.05, 0) is 76.0 Å². The van der Waals surface area contributed by atoms with Crippen molar-refractivity contribution in [3.8, 4) is 0 Å². The highest BCUT2D eigenvalue weighted by Gasteiger charge is 2.71. The van der Waals surface area contributed by atoms with Crippen LogP contribution in [0.4, 0.5) is 0 Å². The molecule has 2 aliphatic carbocycles. The van der Waals surface area contributed by atoms with Gasteiger partial charge in [0, 0.05) is 36.5 Å². The first-order chi connectivity index (χ1) is 21.0. The van der Waals surface area contributed by atoms with Crippen molar-refractivity contribution in [2.45, 2.75) is 147 Å². The fraction of sp³-hybridized carbons (Fsp3) is 1.00. The highest BCUT2D eigenvalue weighted by Crippen LogP contribution is 2.62. The van der Waals surface area contributed by atoms with Gasteiger partial charge in [-0.1, -0.05) is 27.7 Å². The van der Waals surface area contributed by atoms with E-state index in [0.717, 1.165) is 51.4 Å². The van der Waals surface area contributed by atoms with Gasteiger partial charge in [0.2, 0.25) is 11.6 Å². The fourth-order valence-corrected chi connectivity index (χ4v) is 10.6. The molecule has 44 heavy (non-hydrogen) atoms. The zero-order valence-corrected chi connectivity index (χ0v) is 27.1. The van der Waals surface area contributed by atoms with E-state index in [-0.39, 0.29) is 36.9 Å². The molecule has 10 rings (SSSR count). The van der Waals surface area contributed by atoms with Gasteiger partial charge in [0.05, 0.1) is 13.2 Å². The third-order valence-corrected chi connectivity index (χ3v) is 13.1. The lowest BCUT2D eigenvalue weighted by molar-refractivity contribution is -0.578. The van der Waals surface area contributed by atoms with Gasteiger partial charge in [-0.3, -0.25) is 0 Å². The first kappa shape index (κ1) is 30.9. The molecule has 10 aliphatic rings. The zero-order valence-electron chi connectivity index (χ0n) is 27.1. The highest BCUT2D eigenvalue weighted by molar-refractivity contribution is 5.10. The lowest BCUT2D eigenvalue weighted by Gasteiger charge is -2.60.